The van der Waals surface area contributed by atoms with Crippen LogP contribution in [0.3, 0.4) is 0 Å². The van der Waals surface area contributed by atoms with Crippen molar-refractivity contribution in [3.8, 4) is 0 Å². The molecule has 4 N–H and O–H groups in total. The minimum absolute atomic E-state index is 0.253. The molecular formula is C21H22F2N6O2. The van der Waals surface area contributed by atoms with Crippen LogP contribution >= 0.6 is 0 Å². The third-order valence-corrected chi connectivity index (χ3v) is 5.74. The SMILES string of the molecule is Cc1cc(NC(=O)C(=O)N2C[C@@H](C)C(F)(F)C[C@@H]2c2cccc3[nH]ncc23)cnc1N. The van der Waals surface area contributed by atoms with Gasteiger partial charge in [-0.15, -0.1) is 0 Å². The number of hydrogen-bond acceptors (Lipinski definition) is 5. The number of nitrogen functional groups attached to an aromatic ring is 1. The van der Waals surface area contributed by atoms with Gasteiger partial charge in [0.05, 0.1) is 29.6 Å². The van der Waals surface area contributed by atoms with E-state index in [0.29, 0.717) is 33.5 Å². The number of carbonyl (C=O) groups excluding carboxylic acids is 2. The van der Waals surface area contributed by atoms with Crippen molar-refractivity contribution in [1.82, 2.24) is 20.1 Å². The summed E-state index contributed by atoms with van der Waals surface area (Å²) in [7, 11) is 0. The molecule has 2 amide bonds. The van der Waals surface area contributed by atoms with Gasteiger partial charge in [-0.3, -0.25) is 14.7 Å². The number of alkyl halides is 2. The topological polar surface area (TPSA) is 117 Å². The molecule has 4 rings (SSSR count). The van der Waals surface area contributed by atoms with Crippen LogP contribution in [-0.4, -0.2) is 44.4 Å². The highest BCUT2D eigenvalue weighted by atomic mass is 19.3. The van der Waals surface area contributed by atoms with Crippen LogP contribution in [0.2, 0.25) is 0 Å². The van der Waals surface area contributed by atoms with Gasteiger partial charge < -0.3 is 16.0 Å². The summed E-state index contributed by atoms with van der Waals surface area (Å²) in [6, 6.07) is 5.77. The summed E-state index contributed by atoms with van der Waals surface area (Å²) in [5.41, 5.74) is 7.80. The zero-order valence-corrected chi connectivity index (χ0v) is 17.0. The highest BCUT2D eigenvalue weighted by Gasteiger charge is 2.49. The predicted octanol–water partition coefficient (Wildman–Crippen LogP) is 3.03. The Bertz CT molecular complexity index is 1160. The van der Waals surface area contributed by atoms with Crippen LogP contribution < -0.4 is 11.1 Å². The van der Waals surface area contributed by atoms with Crippen molar-refractivity contribution in [3.05, 3.63) is 47.8 Å². The number of fused-ring (bicyclic) bond motifs is 1. The molecule has 0 unspecified atom stereocenters. The number of nitrogens with zero attached hydrogens (tertiary/aromatic N) is 3. The number of aromatic amines is 1. The number of aromatic nitrogens is 3. The lowest BCUT2D eigenvalue weighted by molar-refractivity contribution is -0.158. The van der Waals surface area contributed by atoms with Crippen molar-refractivity contribution in [2.24, 2.45) is 5.92 Å². The number of H-pyrrole nitrogens is 1. The highest BCUT2D eigenvalue weighted by Crippen LogP contribution is 2.44. The Balaban J connectivity index is 1.66. The van der Waals surface area contributed by atoms with Gasteiger partial charge in [0.15, 0.2) is 0 Å². The van der Waals surface area contributed by atoms with Crippen LogP contribution in [0.25, 0.3) is 10.9 Å². The number of amides is 2. The van der Waals surface area contributed by atoms with Gasteiger partial charge in [0, 0.05) is 24.3 Å². The number of pyridine rings is 1. The molecule has 1 fully saturated rings. The second kappa shape index (κ2) is 7.60. The molecule has 162 valence electrons. The van der Waals surface area contributed by atoms with Crippen LogP contribution in [0.5, 0.6) is 0 Å². The van der Waals surface area contributed by atoms with E-state index in [-0.39, 0.29) is 6.54 Å². The Kier molecular flexibility index (Phi) is 5.08. The molecule has 1 saturated heterocycles. The third kappa shape index (κ3) is 3.80. The molecule has 0 bridgehead atoms. The van der Waals surface area contributed by atoms with E-state index >= 15 is 0 Å². The molecule has 0 saturated carbocycles. The molecule has 1 aliphatic rings. The molecule has 1 aromatic carbocycles. The summed E-state index contributed by atoms with van der Waals surface area (Å²) in [4.78, 5) is 30.9. The monoisotopic (exact) mass is 428 g/mol. The van der Waals surface area contributed by atoms with Crippen molar-refractivity contribution in [1.29, 1.82) is 0 Å². The molecule has 3 heterocycles. The van der Waals surface area contributed by atoms with E-state index in [0.717, 1.165) is 0 Å². The fourth-order valence-electron chi connectivity index (χ4n) is 3.88. The number of hydrogen-bond donors (Lipinski definition) is 3. The molecule has 3 aromatic rings. The van der Waals surface area contributed by atoms with Crippen LogP contribution in [0.15, 0.2) is 36.7 Å². The lowest BCUT2D eigenvalue weighted by atomic mass is 9.85. The van der Waals surface area contributed by atoms with Gasteiger partial charge in [-0.25, -0.2) is 13.8 Å². The van der Waals surface area contributed by atoms with Crippen LogP contribution in [0, 0.1) is 12.8 Å². The Morgan fingerprint density at radius 3 is 2.84 bits per heavy atom. The number of anilines is 2. The fraction of sp³-hybridized carbons (Fsp3) is 0.333. The minimum atomic E-state index is -2.98. The number of likely N-dealkylation sites (tertiary alicyclic amines) is 1. The quantitative estimate of drug-likeness (QED) is 0.543. The molecule has 0 aliphatic carbocycles. The second-order valence-electron chi connectivity index (χ2n) is 7.90. The maximum atomic E-state index is 14.6. The smallest absolute Gasteiger partial charge is 0.313 e. The summed E-state index contributed by atoms with van der Waals surface area (Å²) in [5.74, 6) is -5.58. The van der Waals surface area contributed by atoms with E-state index in [1.807, 2.05) is 0 Å². The average molecular weight is 428 g/mol. The Labute approximate surface area is 176 Å². The lowest BCUT2D eigenvalue weighted by Gasteiger charge is -2.42. The Morgan fingerprint density at radius 1 is 1.32 bits per heavy atom. The minimum Gasteiger partial charge on any atom is -0.383 e. The summed E-state index contributed by atoms with van der Waals surface area (Å²) >= 11 is 0. The van der Waals surface area contributed by atoms with Gasteiger partial charge in [-0.2, -0.15) is 5.10 Å². The molecule has 2 atom stereocenters. The Hall–Kier alpha value is -3.56. The molecular weight excluding hydrogens is 406 g/mol. The first-order valence-electron chi connectivity index (χ1n) is 9.81. The van der Waals surface area contributed by atoms with Gasteiger partial charge in [0.2, 0.25) is 0 Å². The fourth-order valence-corrected chi connectivity index (χ4v) is 3.88. The second-order valence-corrected chi connectivity index (χ2v) is 7.90. The number of rotatable bonds is 2. The molecule has 10 heteroatoms. The number of halogens is 2. The van der Waals surface area contributed by atoms with E-state index in [2.05, 4.69) is 20.5 Å². The zero-order valence-electron chi connectivity index (χ0n) is 17.0. The number of nitrogens with one attached hydrogen (secondary N) is 2. The third-order valence-electron chi connectivity index (χ3n) is 5.74. The average Bonchev–Trinajstić information content (AvgIpc) is 3.21. The first kappa shape index (κ1) is 20.7. The van der Waals surface area contributed by atoms with Crippen molar-refractivity contribution in [2.75, 3.05) is 17.6 Å². The predicted molar refractivity (Wildman–Crippen MR) is 111 cm³/mol. The Morgan fingerprint density at radius 2 is 2.10 bits per heavy atom. The van der Waals surface area contributed by atoms with E-state index in [9.17, 15) is 18.4 Å². The van der Waals surface area contributed by atoms with Crippen LogP contribution in [0.1, 0.15) is 30.5 Å². The maximum Gasteiger partial charge on any atom is 0.313 e. The molecule has 1 aliphatic heterocycles. The number of benzene rings is 1. The molecule has 8 nitrogen and oxygen atoms in total. The van der Waals surface area contributed by atoms with Gasteiger partial charge in [-0.05, 0) is 30.2 Å². The number of nitrogens with two attached hydrogens (primary N) is 1. The van der Waals surface area contributed by atoms with E-state index in [4.69, 9.17) is 5.73 Å². The van der Waals surface area contributed by atoms with E-state index in [1.165, 1.54) is 24.2 Å². The first-order chi connectivity index (χ1) is 14.7. The lowest BCUT2D eigenvalue weighted by Crippen LogP contribution is -2.52. The molecule has 0 radical (unpaired) electrons. The van der Waals surface area contributed by atoms with Crippen molar-refractivity contribution in [2.45, 2.75) is 32.2 Å². The van der Waals surface area contributed by atoms with Crippen molar-refractivity contribution >= 4 is 34.2 Å². The number of aryl methyl sites for hydroxylation is 1. The van der Waals surface area contributed by atoms with Crippen LogP contribution in [-0.2, 0) is 9.59 Å². The highest BCUT2D eigenvalue weighted by molar-refractivity contribution is 6.39. The number of carbonyl (C=O) groups is 2. The van der Waals surface area contributed by atoms with E-state index in [1.54, 1.807) is 31.2 Å². The summed E-state index contributed by atoms with van der Waals surface area (Å²) in [6.45, 7) is 2.84. The van der Waals surface area contributed by atoms with Gasteiger partial charge in [0.1, 0.15) is 5.82 Å². The molecule has 2 aromatic heterocycles. The largest absolute Gasteiger partial charge is 0.383 e. The first-order valence-corrected chi connectivity index (χ1v) is 9.81. The van der Waals surface area contributed by atoms with E-state index < -0.39 is 36.1 Å². The normalized spacial score (nSPS) is 20.6. The number of piperidine rings is 1. The van der Waals surface area contributed by atoms with Crippen molar-refractivity contribution < 1.29 is 18.4 Å². The van der Waals surface area contributed by atoms with Crippen molar-refractivity contribution in [3.63, 3.8) is 0 Å². The van der Waals surface area contributed by atoms with Gasteiger partial charge in [-0.1, -0.05) is 19.1 Å². The molecule has 31 heavy (non-hydrogen) atoms. The van der Waals surface area contributed by atoms with Gasteiger partial charge >= 0.3 is 11.8 Å². The maximum absolute atomic E-state index is 14.6. The van der Waals surface area contributed by atoms with Gasteiger partial charge in [0.25, 0.3) is 5.92 Å². The standard InChI is InChI=1S/C21H22F2N6O2/c1-11-6-13(8-25-18(11)24)27-19(30)20(31)29-10-12(2)21(22,23)7-17(29)14-4-3-5-16-15(14)9-26-28-16/h3-6,8-9,12,17H,7,10H2,1-2H3,(H2,24,25)(H,26,28)(H,27,30)/t12-,17-/m1/s1. The zero-order chi connectivity index (χ0) is 22.3. The summed E-state index contributed by atoms with van der Waals surface area (Å²) in [6.07, 6.45) is 2.29. The summed E-state index contributed by atoms with van der Waals surface area (Å²) in [5, 5.41) is 9.90. The summed E-state index contributed by atoms with van der Waals surface area (Å²) < 4.78 is 29.3. The molecule has 0 spiro atoms. The van der Waals surface area contributed by atoms with Crippen LogP contribution in [0.4, 0.5) is 20.3 Å².